The van der Waals surface area contributed by atoms with Crippen LogP contribution in [0.1, 0.15) is 28.3 Å². The van der Waals surface area contributed by atoms with Crippen LogP contribution in [0.2, 0.25) is 0 Å². The molecule has 2 aromatic heterocycles. The van der Waals surface area contributed by atoms with Crippen LogP contribution < -0.4 is 5.32 Å². The summed E-state index contributed by atoms with van der Waals surface area (Å²) < 4.78 is 0. The van der Waals surface area contributed by atoms with E-state index in [1.165, 1.54) is 0 Å². The third-order valence-corrected chi connectivity index (χ3v) is 4.68. The van der Waals surface area contributed by atoms with Crippen LogP contribution in [-0.2, 0) is 0 Å². The minimum atomic E-state index is 0. The van der Waals surface area contributed by atoms with Crippen molar-refractivity contribution in [2.45, 2.75) is 25.8 Å². The molecule has 1 unspecified atom stereocenters. The lowest BCUT2D eigenvalue weighted by Crippen LogP contribution is -2.40. The molecule has 8 heteroatoms. The zero-order valence-electron chi connectivity index (χ0n) is 13.2. The first-order valence-electron chi connectivity index (χ1n) is 7.25. The molecule has 1 fully saturated rings. The first-order chi connectivity index (χ1) is 10.2. The molecular weight excluding hydrogens is 355 g/mol. The predicted molar refractivity (Wildman–Crippen MR) is 99.1 cm³/mol. The Morgan fingerprint density at radius 3 is 2.96 bits per heavy atom. The summed E-state index contributed by atoms with van der Waals surface area (Å²) in [4.78, 5) is 22.2. The van der Waals surface area contributed by atoms with Crippen LogP contribution in [0.3, 0.4) is 0 Å². The van der Waals surface area contributed by atoms with Gasteiger partial charge in [0.15, 0.2) is 0 Å². The van der Waals surface area contributed by atoms with E-state index in [-0.39, 0.29) is 30.7 Å². The van der Waals surface area contributed by atoms with Crippen LogP contribution in [0.25, 0.3) is 11.3 Å². The first kappa shape index (κ1) is 20.0. The van der Waals surface area contributed by atoms with Gasteiger partial charge in [0.25, 0.3) is 5.91 Å². The molecule has 0 aromatic carbocycles. The number of nitrogens with one attached hydrogen (secondary N) is 2. The number of amides is 1. The Labute approximate surface area is 152 Å². The monoisotopic (exact) mass is 376 g/mol. The summed E-state index contributed by atoms with van der Waals surface area (Å²) in [6, 6.07) is 2.21. The molecule has 5 nitrogen and oxygen atoms in total. The maximum atomic E-state index is 12.6. The second kappa shape index (κ2) is 8.68. The molecule has 3 rings (SSSR count). The lowest BCUT2D eigenvalue weighted by molar-refractivity contribution is 0.0732. The zero-order valence-corrected chi connectivity index (χ0v) is 15.6. The van der Waals surface area contributed by atoms with Crippen LogP contribution in [0, 0.1) is 6.92 Å². The highest BCUT2D eigenvalue weighted by Gasteiger charge is 2.29. The van der Waals surface area contributed by atoms with Crippen LogP contribution in [-0.4, -0.2) is 47.0 Å². The van der Waals surface area contributed by atoms with E-state index in [1.54, 1.807) is 11.3 Å². The fourth-order valence-electron chi connectivity index (χ4n) is 2.87. The summed E-state index contributed by atoms with van der Waals surface area (Å²) in [6.07, 6.45) is 4.02. The van der Waals surface area contributed by atoms with Crippen molar-refractivity contribution < 1.29 is 4.79 Å². The molecule has 1 atom stereocenters. The molecule has 0 radical (unpaired) electrons. The highest BCUT2D eigenvalue weighted by atomic mass is 35.5. The Kier molecular flexibility index (Phi) is 7.54. The lowest BCUT2D eigenvalue weighted by atomic mass is 10.2. The minimum Gasteiger partial charge on any atom is -0.357 e. The minimum absolute atomic E-state index is 0. The number of nitrogens with zero attached hydrogens (tertiary/aromatic N) is 2. The Hall–Kier alpha value is -1.08. The van der Waals surface area contributed by atoms with Gasteiger partial charge in [-0.1, -0.05) is 0 Å². The first-order valence-corrected chi connectivity index (χ1v) is 8.13. The summed E-state index contributed by atoms with van der Waals surface area (Å²) >= 11 is 1.62. The molecule has 1 saturated heterocycles. The number of carbonyl (C=O) groups excluding carboxylic acids is 1. The fourth-order valence-corrected chi connectivity index (χ4v) is 3.49. The van der Waals surface area contributed by atoms with Crippen LogP contribution in [0.15, 0.2) is 17.6 Å². The van der Waals surface area contributed by atoms with Gasteiger partial charge in [-0.05, 0) is 32.9 Å². The van der Waals surface area contributed by atoms with Crippen molar-refractivity contribution in [2.75, 3.05) is 20.1 Å². The summed E-state index contributed by atoms with van der Waals surface area (Å²) in [5.41, 5.74) is 2.56. The third-order valence-electron chi connectivity index (χ3n) is 3.91. The number of hydrogen-bond donors (Lipinski definition) is 2. The number of thiazole rings is 1. The van der Waals surface area contributed by atoms with Gasteiger partial charge in [-0.25, -0.2) is 4.98 Å². The lowest BCUT2D eigenvalue weighted by Gasteiger charge is -2.23. The van der Waals surface area contributed by atoms with Gasteiger partial charge >= 0.3 is 0 Å². The van der Waals surface area contributed by atoms with Crippen molar-refractivity contribution in [3.05, 3.63) is 28.3 Å². The molecule has 23 heavy (non-hydrogen) atoms. The summed E-state index contributed by atoms with van der Waals surface area (Å²) in [5, 5.41) is 6.22. The summed E-state index contributed by atoms with van der Waals surface area (Å²) in [6.45, 7) is 3.68. The zero-order chi connectivity index (χ0) is 14.8. The van der Waals surface area contributed by atoms with Gasteiger partial charge in [0.05, 0.1) is 10.7 Å². The molecule has 1 aliphatic heterocycles. The highest BCUT2D eigenvalue weighted by Crippen LogP contribution is 2.24. The summed E-state index contributed by atoms with van der Waals surface area (Å²) in [5.74, 6) is 0.0888. The van der Waals surface area contributed by atoms with Gasteiger partial charge in [0.2, 0.25) is 0 Å². The van der Waals surface area contributed by atoms with Gasteiger partial charge in [-0.15, -0.1) is 36.2 Å². The number of likely N-dealkylation sites (N-methyl/N-ethyl adjacent to an activating group) is 1. The Bertz CT molecular complexity index is 643. The van der Waals surface area contributed by atoms with Gasteiger partial charge in [-0.3, -0.25) is 4.79 Å². The number of aromatic amines is 1. The van der Waals surface area contributed by atoms with E-state index in [0.29, 0.717) is 11.7 Å². The summed E-state index contributed by atoms with van der Waals surface area (Å²) in [7, 11) is 1.93. The maximum absolute atomic E-state index is 12.6. The van der Waals surface area contributed by atoms with Crippen molar-refractivity contribution in [1.82, 2.24) is 20.2 Å². The number of rotatable bonds is 4. The maximum Gasteiger partial charge on any atom is 0.270 e. The van der Waals surface area contributed by atoms with E-state index in [1.807, 2.05) is 36.5 Å². The van der Waals surface area contributed by atoms with Crippen LogP contribution >= 0.6 is 36.2 Å². The number of halogens is 2. The molecule has 3 heterocycles. The van der Waals surface area contributed by atoms with Gasteiger partial charge < -0.3 is 15.2 Å². The smallest absolute Gasteiger partial charge is 0.270 e. The van der Waals surface area contributed by atoms with Gasteiger partial charge in [0, 0.05) is 36.3 Å². The number of likely N-dealkylation sites (tertiary alicyclic amines) is 1. The van der Waals surface area contributed by atoms with E-state index in [9.17, 15) is 4.79 Å². The molecule has 0 aliphatic carbocycles. The Balaban J connectivity index is 0.00000132. The second-order valence-electron chi connectivity index (χ2n) is 5.41. The number of H-pyrrole nitrogens is 1. The van der Waals surface area contributed by atoms with Crippen molar-refractivity contribution in [3.8, 4) is 11.3 Å². The molecule has 128 valence electrons. The average molecular weight is 377 g/mol. The highest BCUT2D eigenvalue weighted by molar-refractivity contribution is 7.09. The quantitative estimate of drug-likeness (QED) is 0.861. The Morgan fingerprint density at radius 1 is 1.52 bits per heavy atom. The van der Waals surface area contributed by atoms with E-state index in [0.717, 1.165) is 42.2 Å². The molecule has 0 spiro atoms. The van der Waals surface area contributed by atoms with Crippen LogP contribution in [0.4, 0.5) is 0 Å². The number of carbonyl (C=O) groups is 1. The molecule has 0 saturated carbocycles. The number of hydrogen-bond acceptors (Lipinski definition) is 4. The topological polar surface area (TPSA) is 61.0 Å². The standard InChI is InChI=1S/C15H20N4OS.2ClH/c1-10-18-14(9-21-10)11-6-13(17-7-11)15(20)19-5-3-4-12(19)8-16-2;;/h6-7,9,12,16-17H,3-5,8H2,1-2H3;2*1H. The van der Waals surface area contributed by atoms with E-state index in [2.05, 4.69) is 15.3 Å². The van der Waals surface area contributed by atoms with Crippen molar-refractivity contribution >= 4 is 42.1 Å². The number of aryl methyl sites for hydroxylation is 1. The molecule has 2 aromatic rings. The van der Waals surface area contributed by atoms with E-state index < -0.39 is 0 Å². The Morgan fingerprint density at radius 2 is 2.30 bits per heavy atom. The second-order valence-corrected chi connectivity index (χ2v) is 6.47. The third kappa shape index (κ3) is 4.26. The van der Waals surface area contributed by atoms with Crippen LogP contribution in [0.5, 0.6) is 0 Å². The molecule has 1 amide bonds. The van der Waals surface area contributed by atoms with Crippen molar-refractivity contribution in [3.63, 3.8) is 0 Å². The van der Waals surface area contributed by atoms with Crippen molar-refractivity contribution in [1.29, 1.82) is 0 Å². The molecule has 2 N–H and O–H groups in total. The van der Waals surface area contributed by atoms with Gasteiger partial charge in [-0.2, -0.15) is 0 Å². The van der Waals surface area contributed by atoms with E-state index in [4.69, 9.17) is 0 Å². The SMILES string of the molecule is CNCC1CCCN1C(=O)c1cc(-c2csc(C)n2)c[nH]1.Cl.Cl. The van der Waals surface area contributed by atoms with Crippen molar-refractivity contribution in [2.24, 2.45) is 0 Å². The predicted octanol–water partition coefficient (Wildman–Crippen LogP) is 3.11. The van der Waals surface area contributed by atoms with Gasteiger partial charge in [0.1, 0.15) is 5.69 Å². The molecule has 0 bridgehead atoms. The normalized spacial score (nSPS) is 16.8. The largest absolute Gasteiger partial charge is 0.357 e. The number of aromatic nitrogens is 2. The molecular formula is C15H22Cl2N4OS. The molecule has 1 aliphatic rings. The average Bonchev–Trinajstić information content (AvgIpc) is 3.17. The van der Waals surface area contributed by atoms with E-state index >= 15 is 0 Å². The fraction of sp³-hybridized carbons (Fsp3) is 0.467.